The molecule has 0 spiro atoms. The molecule has 136 valence electrons. The number of nitrogens with two attached hydrogens (primary N) is 1. The van der Waals surface area contributed by atoms with Gasteiger partial charge in [0.25, 0.3) is 0 Å². The van der Waals surface area contributed by atoms with Gasteiger partial charge < -0.3 is 16.2 Å². The number of carboxylic acid groups (broad SMARTS) is 1. The summed E-state index contributed by atoms with van der Waals surface area (Å²) in [4.78, 5) is 17.8. The molecule has 0 fully saturated rings. The average Bonchev–Trinajstić information content (AvgIpc) is 2.43. The minimum atomic E-state index is -0.956. The standard InChI is InChI=1S/C18H25BrN4O2/c1-17(2,3)23(16(24)25)18(4,5)10-21-15-13(20)8-11-6-7-12(19)9-14(11)22-15/h6-9H,10,20H2,1-5H3,(H,21,22)(H,24,25). The lowest BCUT2D eigenvalue weighted by atomic mass is 9.95. The number of nitrogen functional groups attached to an aromatic ring is 1. The first-order valence-corrected chi connectivity index (χ1v) is 8.84. The van der Waals surface area contributed by atoms with Crippen LogP contribution in [0.25, 0.3) is 10.9 Å². The van der Waals surface area contributed by atoms with Gasteiger partial charge in [-0.05, 0) is 52.8 Å². The second-order valence-corrected chi connectivity index (χ2v) is 8.63. The maximum Gasteiger partial charge on any atom is 0.408 e. The summed E-state index contributed by atoms with van der Waals surface area (Å²) >= 11 is 3.44. The van der Waals surface area contributed by atoms with Crippen molar-refractivity contribution in [3.05, 3.63) is 28.7 Å². The first-order chi connectivity index (χ1) is 11.4. The fourth-order valence-electron chi connectivity index (χ4n) is 3.13. The SMILES string of the molecule is CC(C)(C)N(C(=O)O)C(C)(C)CNc1nc2cc(Br)ccc2cc1N. The van der Waals surface area contributed by atoms with Crippen LogP contribution in [0.3, 0.4) is 0 Å². The van der Waals surface area contributed by atoms with Gasteiger partial charge in [-0.1, -0.05) is 22.0 Å². The molecule has 0 saturated carbocycles. The van der Waals surface area contributed by atoms with Crippen molar-refractivity contribution in [2.24, 2.45) is 0 Å². The smallest absolute Gasteiger partial charge is 0.408 e. The Morgan fingerprint density at radius 2 is 1.92 bits per heavy atom. The Morgan fingerprint density at radius 1 is 1.28 bits per heavy atom. The van der Waals surface area contributed by atoms with Gasteiger partial charge >= 0.3 is 6.09 Å². The fourth-order valence-corrected chi connectivity index (χ4v) is 3.48. The van der Waals surface area contributed by atoms with E-state index in [1.54, 1.807) is 0 Å². The first-order valence-electron chi connectivity index (χ1n) is 8.05. The topological polar surface area (TPSA) is 91.5 Å². The molecular formula is C18H25BrN4O2. The Hall–Kier alpha value is -2.02. The van der Waals surface area contributed by atoms with E-state index in [9.17, 15) is 9.90 Å². The third kappa shape index (κ3) is 4.34. The highest BCUT2D eigenvalue weighted by Gasteiger charge is 2.38. The van der Waals surface area contributed by atoms with Gasteiger partial charge in [-0.15, -0.1) is 0 Å². The summed E-state index contributed by atoms with van der Waals surface area (Å²) in [6.45, 7) is 9.78. The number of nitrogens with one attached hydrogen (secondary N) is 1. The van der Waals surface area contributed by atoms with Crippen LogP contribution >= 0.6 is 15.9 Å². The van der Waals surface area contributed by atoms with Gasteiger partial charge in [0, 0.05) is 21.9 Å². The van der Waals surface area contributed by atoms with Crippen LogP contribution in [-0.2, 0) is 0 Å². The lowest BCUT2D eigenvalue weighted by Gasteiger charge is -2.45. The Morgan fingerprint density at radius 3 is 2.48 bits per heavy atom. The molecule has 0 aliphatic heterocycles. The quantitative estimate of drug-likeness (QED) is 0.689. The molecule has 0 unspecified atom stereocenters. The van der Waals surface area contributed by atoms with Gasteiger partial charge in [-0.25, -0.2) is 9.78 Å². The Balaban J connectivity index is 2.29. The molecule has 0 radical (unpaired) electrons. The molecule has 0 saturated heterocycles. The fraction of sp³-hybridized carbons (Fsp3) is 0.444. The molecule has 7 heteroatoms. The maximum absolute atomic E-state index is 11.7. The minimum absolute atomic E-state index is 0.382. The third-order valence-corrected chi connectivity index (χ3v) is 4.46. The third-order valence-electron chi connectivity index (χ3n) is 3.97. The van der Waals surface area contributed by atoms with E-state index in [0.29, 0.717) is 18.1 Å². The number of pyridine rings is 1. The number of hydrogen-bond acceptors (Lipinski definition) is 4. The van der Waals surface area contributed by atoms with Crippen LogP contribution in [0.15, 0.2) is 28.7 Å². The average molecular weight is 409 g/mol. The lowest BCUT2D eigenvalue weighted by Crippen LogP contribution is -2.59. The van der Waals surface area contributed by atoms with E-state index in [0.717, 1.165) is 15.4 Å². The monoisotopic (exact) mass is 408 g/mol. The predicted octanol–water partition coefficient (Wildman–Crippen LogP) is 4.55. The van der Waals surface area contributed by atoms with Gasteiger partial charge in [-0.2, -0.15) is 0 Å². The van der Waals surface area contributed by atoms with Crippen molar-refractivity contribution < 1.29 is 9.90 Å². The molecule has 0 atom stereocenters. The molecule has 0 aliphatic carbocycles. The molecule has 4 N–H and O–H groups in total. The van der Waals surface area contributed by atoms with Gasteiger partial charge in [0.15, 0.2) is 0 Å². The van der Waals surface area contributed by atoms with Crippen molar-refractivity contribution in [3.8, 4) is 0 Å². The van der Waals surface area contributed by atoms with Gasteiger partial charge in [0.05, 0.1) is 16.7 Å². The summed E-state index contributed by atoms with van der Waals surface area (Å²) in [5, 5.41) is 13.8. The highest BCUT2D eigenvalue weighted by molar-refractivity contribution is 9.10. The van der Waals surface area contributed by atoms with Gasteiger partial charge in [-0.3, -0.25) is 4.90 Å². The number of amides is 1. The van der Waals surface area contributed by atoms with Crippen molar-refractivity contribution in [2.75, 3.05) is 17.6 Å². The van der Waals surface area contributed by atoms with Crippen LogP contribution < -0.4 is 11.1 Å². The second-order valence-electron chi connectivity index (χ2n) is 7.72. The number of hydrogen-bond donors (Lipinski definition) is 3. The van der Waals surface area contributed by atoms with Crippen LogP contribution in [-0.4, -0.2) is 38.7 Å². The molecule has 1 aromatic heterocycles. The van der Waals surface area contributed by atoms with Crippen molar-refractivity contribution in [1.82, 2.24) is 9.88 Å². The summed E-state index contributed by atoms with van der Waals surface area (Å²) in [7, 11) is 0. The highest BCUT2D eigenvalue weighted by Crippen LogP contribution is 2.28. The molecule has 1 aromatic carbocycles. The van der Waals surface area contributed by atoms with E-state index < -0.39 is 17.2 Å². The first kappa shape index (κ1) is 19.3. The maximum atomic E-state index is 11.7. The normalized spacial score (nSPS) is 12.2. The minimum Gasteiger partial charge on any atom is -0.465 e. The van der Waals surface area contributed by atoms with Gasteiger partial charge in [0.1, 0.15) is 5.82 Å². The van der Waals surface area contributed by atoms with Crippen LogP contribution in [0.4, 0.5) is 16.3 Å². The number of rotatable bonds is 4. The molecule has 0 bridgehead atoms. The van der Waals surface area contributed by atoms with Crippen molar-refractivity contribution in [2.45, 2.75) is 45.7 Å². The predicted molar refractivity (Wildman–Crippen MR) is 106 cm³/mol. The number of fused-ring (bicyclic) bond motifs is 1. The number of aromatic nitrogens is 1. The summed E-state index contributed by atoms with van der Waals surface area (Å²) in [5.41, 5.74) is 6.28. The second kappa shape index (κ2) is 6.71. The molecule has 2 aromatic rings. The lowest BCUT2D eigenvalue weighted by molar-refractivity contribution is 0.0392. The van der Waals surface area contributed by atoms with Gasteiger partial charge in [0.2, 0.25) is 0 Å². The molecule has 0 aliphatic rings. The summed E-state index contributed by atoms with van der Waals surface area (Å²) in [6, 6.07) is 7.67. The van der Waals surface area contributed by atoms with Crippen LogP contribution in [0.2, 0.25) is 0 Å². The number of anilines is 2. The number of carbonyl (C=O) groups is 1. The van der Waals surface area contributed by atoms with Crippen LogP contribution in [0.5, 0.6) is 0 Å². The van der Waals surface area contributed by atoms with Crippen molar-refractivity contribution in [3.63, 3.8) is 0 Å². The van der Waals surface area contributed by atoms with Crippen LogP contribution in [0.1, 0.15) is 34.6 Å². The Bertz CT molecular complexity index is 799. The van der Waals surface area contributed by atoms with E-state index in [2.05, 4.69) is 26.2 Å². The number of benzene rings is 1. The summed E-state index contributed by atoms with van der Waals surface area (Å²) in [5.74, 6) is 0.554. The summed E-state index contributed by atoms with van der Waals surface area (Å²) < 4.78 is 0.938. The highest BCUT2D eigenvalue weighted by atomic mass is 79.9. The van der Waals surface area contributed by atoms with E-state index >= 15 is 0 Å². The van der Waals surface area contributed by atoms with E-state index in [1.165, 1.54) is 4.90 Å². The van der Waals surface area contributed by atoms with E-state index in [1.807, 2.05) is 58.9 Å². The van der Waals surface area contributed by atoms with Crippen molar-refractivity contribution in [1.29, 1.82) is 0 Å². The summed E-state index contributed by atoms with van der Waals surface area (Å²) in [6.07, 6.45) is -0.956. The number of nitrogens with zero attached hydrogens (tertiary/aromatic N) is 2. The Labute approximate surface area is 156 Å². The largest absolute Gasteiger partial charge is 0.465 e. The van der Waals surface area contributed by atoms with Crippen LogP contribution in [0, 0.1) is 0 Å². The zero-order valence-corrected chi connectivity index (χ0v) is 16.8. The molecule has 1 heterocycles. The molecular weight excluding hydrogens is 384 g/mol. The van der Waals surface area contributed by atoms with E-state index in [4.69, 9.17) is 5.73 Å². The molecule has 25 heavy (non-hydrogen) atoms. The van der Waals surface area contributed by atoms with E-state index in [-0.39, 0.29) is 0 Å². The van der Waals surface area contributed by atoms with Crippen molar-refractivity contribution >= 4 is 44.4 Å². The Kier molecular flexibility index (Phi) is 5.18. The zero-order valence-electron chi connectivity index (χ0n) is 15.2. The molecule has 1 amide bonds. The number of halogens is 1. The zero-order chi connectivity index (χ0) is 19.0. The molecule has 2 rings (SSSR count). The molecule has 6 nitrogen and oxygen atoms in total.